The topological polar surface area (TPSA) is 75.6 Å². The van der Waals surface area contributed by atoms with Crippen LogP contribution in [0.25, 0.3) is 22.0 Å². The van der Waals surface area contributed by atoms with E-state index in [9.17, 15) is 4.79 Å². The van der Waals surface area contributed by atoms with Gasteiger partial charge in [-0.1, -0.05) is 36.7 Å². The minimum absolute atomic E-state index is 0.0608. The van der Waals surface area contributed by atoms with Crippen molar-refractivity contribution in [2.75, 3.05) is 19.6 Å². The minimum atomic E-state index is -0.722. The third kappa shape index (κ3) is 6.64. The number of rotatable bonds is 10. The molecule has 1 N–H and O–H groups in total. The van der Waals surface area contributed by atoms with Crippen LogP contribution in [0.2, 0.25) is 5.02 Å². The summed E-state index contributed by atoms with van der Waals surface area (Å²) >= 11 is 7.84. The van der Waals surface area contributed by atoms with Crippen molar-refractivity contribution in [3.8, 4) is 27.7 Å². The lowest BCUT2D eigenvalue weighted by atomic mass is 9.86. The van der Waals surface area contributed by atoms with Crippen molar-refractivity contribution in [3.63, 3.8) is 0 Å². The maximum absolute atomic E-state index is 10.9. The average molecular weight is 528 g/mol. The smallest absolute Gasteiger partial charge is 0.304 e. The van der Waals surface area contributed by atoms with Crippen LogP contribution in [-0.4, -0.2) is 51.1 Å². The van der Waals surface area contributed by atoms with Gasteiger partial charge in [0.05, 0.1) is 17.5 Å². The average Bonchev–Trinajstić information content (AvgIpc) is 3.34. The highest BCUT2D eigenvalue weighted by atomic mass is 35.5. The Bertz CT molecular complexity index is 1190. The number of hydrogen-bond acceptors (Lipinski definition) is 6. The number of aromatic nitrogens is 2. The summed E-state index contributed by atoms with van der Waals surface area (Å²) in [6.45, 7) is 8.74. The molecule has 3 aromatic rings. The molecule has 1 aliphatic rings. The molecule has 2 heterocycles. The third-order valence-electron chi connectivity index (χ3n) is 6.69. The summed E-state index contributed by atoms with van der Waals surface area (Å²) in [7, 11) is 0. The first-order valence-corrected chi connectivity index (χ1v) is 13.8. The molecule has 1 fully saturated rings. The molecule has 36 heavy (non-hydrogen) atoms. The van der Waals surface area contributed by atoms with Crippen LogP contribution >= 0.6 is 23.1 Å². The molecule has 0 unspecified atom stereocenters. The normalized spacial score (nSPS) is 14.9. The van der Waals surface area contributed by atoms with Gasteiger partial charge in [-0.15, -0.1) is 0 Å². The van der Waals surface area contributed by atoms with Gasteiger partial charge >= 0.3 is 5.97 Å². The molecule has 0 spiro atoms. The van der Waals surface area contributed by atoms with Gasteiger partial charge in [-0.05, 0) is 99.4 Å². The fourth-order valence-corrected chi connectivity index (χ4v) is 5.76. The molecule has 0 atom stereocenters. The van der Waals surface area contributed by atoms with E-state index in [0.29, 0.717) is 23.2 Å². The number of nitrogens with zero attached hydrogens (tertiary/aromatic N) is 3. The summed E-state index contributed by atoms with van der Waals surface area (Å²) in [4.78, 5) is 18.0. The second-order valence-electron chi connectivity index (χ2n) is 9.66. The van der Waals surface area contributed by atoms with Gasteiger partial charge in [0.25, 0.3) is 0 Å². The van der Waals surface area contributed by atoms with Gasteiger partial charge < -0.3 is 14.7 Å². The Morgan fingerprint density at radius 2 is 2.03 bits per heavy atom. The number of carbonyl (C=O) groups is 1. The molecule has 0 aliphatic carbocycles. The zero-order valence-electron chi connectivity index (χ0n) is 21.2. The van der Waals surface area contributed by atoms with Crippen molar-refractivity contribution < 1.29 is 14.6 Å². The van der Waals surface area contributed by atoms with Crippen LogP contribution in [0.15, 0.2) is 36.4 Å². The van der Waals surface area contributed by atoms with Crippen molar-refractivity contribution in [2.24, 2.45) is 5.92 Å². The van der Waals surface area contributed by atoms with E-state index in [1.165, 1.54) is 22.7 Å². The predicted molar refractivity (Wildman–Crippen MR) is 146 cm³/mol. The summed E-state index contributed by atoms with van der Waals surface area (Å²) in [6, 6.07) is 12.2. The zero-order chi connectivity index (χ0) is 25.7. The van der Waals surface area contributed by atoms with Crippen molar-refractivity contribution in [3.05, 3.63) is 52.5 Å². The van der Waals surface area contributed by atoms with E-state index in [1.54, 1.807) is 0 Å². The molecule has 192 valence electrons. The maximum Gasteiger partial charge on any atom is 0.304 e. The van der Waals surface area contributed by atoms with E-state index in [1.807, 2.05) is 32.0 Å². The van der Waals surface area contributed by atoms with Crippen LogP contribution in [0.1, 0.15) is 51.2 Å². The van der Waals surface area contributed by atoms with Gasteiger partial charge in [0.1, 0.15) is 10.8 Å². The molecule has 8 heteroatoms. The summed E-state index contributed by atoms with van der Waals surface area (Å²) in [5.74, 6) is 1.32. The minimum Gasteiger partial charge on any atom is -0.489 e. The Morgan fingerprint density at radius 3 is 2.69 bits per heavy atom. The molecule has 2 aromatic carbocycles. The molecule has 0 amide bonds. The molecule has 1 aromatic heterocycles. The van der Waals surface area contributed by atoms with Crippen molar-refractivity contribution in [1.82, 2.24) is 14.3 Å². The monoisotopic (exact) mass is 527 g/mol. The van der Waals surface area contributed by atoms with E-state index in [4.69, 9.17) is 30.8 Å². The molecule has 4 rings (SSSR count). The first kappa shape index (κ1) is 26.6. The summed E-state index contributed by atoms with van der Waals surface area (Å²) in [5, 5.41) is 10.3. The van der Waals surface area contributed by atoms with Crippen LogP contribution in [0.3, 0.4) is 0 Å². The largest absolute Gasteiger partial charge is 0.489 e. The van der Waals surface area contributed by atoms with Crippen LogP contribution in [0.5, 0.6) is 5.75 Å². The lowest BCUT2D eigenvalue weighted by molar-refractivity contribution is -0.137. The fourth-order valence-electron chi connectivity index (χ4n) is 4.87. The standard InChI is InChI=1S/C28H34ClN3O3S/c1-4-22-20(16-19-10-13-32(14-11-19)15-12-26(33)34)6-5-7-23(22)27-30-28(36-31-27)21-8-9-25(24(29)17-21)35-18(2)3/h5-9,17-19H,4,10-16H2,1-3H3,(H,33,34). The first-order chi connectivity index (χ1) is 17.3. The second kappa shape index (κ2) is 12.2. The number of ether oxygens (including phenoxy) is 1. The van der Waals surface area contributed by atoms with Gasteiger partial charge in [0, 0.05) is 17.7 Å². The highest BCUT2D eigenvalue weighted by molar-refractivity contribution is 7.09. The zero-order valence-corrected chi connectivity index (χ0v) is 22.7. The van der Waals surface area contributed by atoms with Gasteiger partial charge in [-0.3, -0.25) is 4.79 Å². The lowest BCUT2D eigenvalue weighted by Crippen LogP contribution is -2.35. The van der Waals surface area contributed by atoms with Crippen molar-refractivity contribution in [2.45, 2.75) is 59.0 Å². The van der Waals surface area contributed by atoms with Crippen LogP contribution < -0.4 is 4.74 Å². The Labute approximate surface area is 222 Å². The highest BCUT2D eigenvalue weighted by Crippen LogP contribution is 2.35. The molecular weight excluding hydrogens is 494 g/mol. The van der Waals surface area contributed by atoms with Crippen LogP contribution in [0.4, 0.5) is 0 Å². The van der Waals surface area contributed by atoms with Crippen LogP contribution in [0, 0.1) is 5.92 Å². The van der Waals surface area contributed by atoms with E-state index in [0.717, 1.165) is 60.7 Å². The predicted octanol–water partition coefficient (Wildman–Crippen LogP) is 6.60. The Morgan fingerprint density at radius 1 is 1.25 bits per heavy atom. The van der Waals surface area contributed by atoms with Gasteiger partial charge in [-0.25, -0.2) is 4.98 Å². The van der Waals surface area contributed by atoms with Crippen LogP contribution in [-0.2, 0) is 17.6 Å². The highest BCUT2D eigenvalue weighted by Gasteiger charge is 2.22. The number of carboxylic acids is 1. The molecule has 1 aliphatic heterocycles. The number of carboxylic acid groups (broad SMARTS) is 1. The Kier molecular flexibility index (Phi) is 8.99. The van der Waals surface area contributed by atoms with E-state index < -0.39 is 5.97 Å². The van der Waals surface area contributed by atoms with Gasteiger partial charge in [0.15, 0.2) is 5.82 Å². The number of piperidine rings is 1. The van der Waals surface area contributed by atoms with E-state index in [-0.39, 0.29) is 12.5 Å². The molecule has 1 saturated heterocycles. The van der Waals surface area contributed by atoms with Gasteiger partial charge in [0.2, 0.25) is 0 Å². The molecular formula is C28H34ClN3O3S. The number of likely N-dealkylation sites (tertiary alicyclic amines) is 1. The Balaban J connectivity index is 1.48. The number of halogens is 1. The first-order valence-electron chi connectivity index (χ1n) is 12.7. The number of hydrogen-bond donors (Lipinski definition) is 1. The summed E-state index contributed by atoms with van der Waals surface area (Å²) in [5.41, 5.74) is 4.72. The summed E-state index contributed by atoms with van der Waals surface area (Å²) in [6.07, 6.45) is 4.44. The van der Waals surface area contributed by atoms with Gasteiger partial charge in [-0.2, -0.15) is 4.37 Å². The molecule has 0 bridgehead atoms. The third-order valence-corrected chi connectivity index (χ3v) is 7.75. The van der Waals surface area contributed by atoms with E-state index >= 15 is 0 Å². The molecule has 0 saturated carbocycles. The van der Waals surface area contributed by atoms with Crippen molar-refractivity contribution in [1.29, 1.82) is 0 Å². The number of benzene rings is 2. The summed E-state index contributed by atoms with van der Waals surface area (Å²) < 4.78 is 10.5. The fraction of sp³-hybridized carbons (Fsp3) is 0.464. The SMILES string of the molecule is CCc1c(CC2CCN(CCC(=O)O)CC2)cccc1-c1nsc(-c2ccc(OC(C)C)c(Cl)c2)n1. The maximum atomic E-state index is 10.9. The number of aliphatic carboxylic acids is 1. The van der Waals surface area contributed by atoms with Crippen molar-refractivity contribution >= 4 is 29.1 Å². The molecule has 0 radical (unpaired) electrons. The lowest BCUT2D eigenvalue weighted by Gasteiger charge is -2.32. The molecule has 6 nitrogen and oxygen atoms in total. The second-order valence-corrected chi connectivity index (χ2v) is 10.8. The van der Waals surface area contributed by atoms with E-state index in [2.05, 4.69) is 30.0 Å². The quantitative estimate of drug-likeness (QED) is 0.320. The Hall–Kier alpha value is -2.48.